The molecule has 0 aliphatic heterocycles. The molecule has 0 saturated carbocycles. The lowest BCUT2D eigenvalue weighted by Gasteiger charge is -2.19. The first-order valence-electron chi connectivity index (χ1n) is 10.2. The lowest BCUT2D eigenvalue weighted by molar-refractivity contribution is 0.0635. The van der Waals surface area contributed by atoms with E-state index in [0.29, 0.717) is 30.8 Å². The summed E-state index contributed by atoms with van der Waals surface area (Å²) < 4.78 is 11.0. The number of pyridine rings is 1. The van der Waals surface area contributed by atoms with Gasteiger partial charge in [0.1, 0.15) is 16.9 Å². The Morgan fingerprint density at radius 3 is 2.48 bits per heavy atom. The van der Waals surface area contributed by atoms with E-state index in [-0.39, 0.29) is 5.91 Å². The molecule has 3 rings (SSSR count). The molecule has 0 fully saturated rings. The zero-order chi connectivity index (χ0) is 22.3. The number of benzene rings is 2. The van der Waals surface area contributed by atoms with Crippen LogP contribution in [-0.2, 0) is 4.74 Å². The van der Waals surface area contributed by atoms with Gasteiger partial charge in [0.2, 0.25) is 0 Å². The number of rotatable bonds is 7. The third-order valence-corrected chi connectivity index (χ3v) is 4.25. The maximum absolute atomic E-state index is 12.3. The largest absolute Gasteiger partial charge is 0.491 e. The molecule has 0 atom stereocenters. The van der Waals surface area contributed by atoms with Gasteiger partial charge in [0.15, 0.2) is 0 Å². The Morgan fingerprint density at radius 1 is 1.00 bits per heavy atom. The minimum Gasteiger partial charge on any atom is -0.491 e. The first-order chi connectivity index (χ1) is 14.8. The van der Waals surface area contributed by atoms with E-state index >= 15 is 0 Å². The van der Waals surface area contributed by atoms with Crippen LogP contribution in [0.4, 0.5) is 10.5 Å². The summed E-state index contributed by atoms with van der Waals surface area (Å²) in [5.41, 5.74) is 1.32. The maximum Gasteiger partial charge on any atom is 0.412 e. The molecule has 0 saturated heterocycles. The second-order valence-corrected chi connectivity index (χ2v) is 7.99. The molecule has 31 heavy (non-hydrogen) atoms. The molecule has 162 valence electrons. The monoisotopic (exact) mass is 421 g/mol. The Kier molecular flexibility index (Phi) is 7.07. The third-order valence-electron chi connectivity index (χ3n) is 4.25. The molecule has 0 radical (unpaired) electrons. The van der Waals surface area contributed by atoms with Crippen LogP contribution in [0.1, 0.15) is 37.6 Å². The number of ether oxygens (including phenoxy) is 2. The number of anilines is 1. The molecule has 0 bridgehead atoms. The zero-order valence-electron chi connectivity index (χ0n) is 18.0. The van der Waals surface area contributed by atoms with E-state index in [0.717, 1.165) is 16.7 Å². The van der Waals surface area contributed by atoms with Gasteiger partial charge in [-0.15, -0.1) is 0 Å². The fraction of sp³-hybridized carbons (Fsp3) is 0.292. The van der Waals surface area contributed by atoms with Crippen molar-refractivity contribution in [3.63, 3.8) is 0 Å². The minimum absolute atomic E-state index is 0.185. The normalized spacial score (nSPS) is 11.1. The van der Waals surface area contributed by atoms with Crippen LogP contribution in [-0.4, -0.2) is 35.7 Å². The van der Waals surface area contributed by atoms with Gasteiger partial charge in [-0.1, -0.05) is 18.2 Å². The van der Waals surface area contributed by atoms with Crippen molar-refractivity contribution in [2.45, 2.75) is 32.8 Å². The zero-order valence-corrected chi connectivity index (χ0v) is 18.0. The van der Waals surface area contributed by atoms with Gasteiger partial charge >= 0.3 is 6.09 Å². The van der Waals surface area contributed by atoms with Crippen LogP contribution < -0.4 is 15.4 Å². The van der Waals surface area contributed by atoms with Crippen LogP contribution in [0, 0.1) is 0 Å². The number of carbonyl (C=O) groups is 2. The van der Waals surface area contributed by atoms with Gasteiger partial charge in [0, 0.05) is 29.4 Å². The number of aromatic nitrogens is 1. The maximum atomic E-state index is 12.3. The number of hydrogen-bond donors (Lipinski definition) is 2. The molecule has 2 N–H and O–H groups in total. The quantitative estimate of drug-likeness (QED) is 0.536. The minimum atomic E-state index is -0.572. The number of fused-ring (bicyclic) bond motifs is 1. The van der Waals surface area contributed by atoms with Crippen molar-refractivity contribution in [1.29, 1.82) is 0 Å². The van der Waals surface area contributed by atoms with Gasteiger partial charge in [-0.05, 0) is 63.6 Å². The Hall–Kier alpha value is -3.61. The average Bonchev–Trinajstić information content (AvgIpc) is 2.72. The van der Waals surface area contributed by atoms with E-state index in [4.69, 9.17) is 9.47 Å². The van der Waals surface area contributed by atoms with Crippen LogP contribution >= 0.6 is 0 Å². The summed E-state index contributed by atoms with van der Waals surface area (Å²) in [5.74, 6) is 0.549. The Balaban J connectivity index is 1.42. The topological polar surface area (TPSA) is 89.5 Å². The highest BCUT2D eigenvalue weighted by molar-refractivity contribution is 5.95. The number of nitrogens with zero attached hydrogens (tertiary/aromatic N) is 1. The van der Waals surface area contributed by atoms with Gasteiger partial charge in [-0.3, -0.25) is 15.1 Å². The molecule has 7 nitrogen and oxygen atoms in total. The van der Waals surface area contributed by atoms with E-state index in [1.165, 1.54) is 0 Å². The van der Waals surface area contributed by atoms with E-state index in [1.807, 2.05) is 30.3 Å². The summed E-state index contributed by atoms with van der Waals surface area (Å²) in [6.45, 7) is 6.33. The number of amides is 2. The lowest BCUT2D eigenvalue weighted by atomic mass is 10.2. The van der Waals surface area contributed by atoms with Gasteiger partial charge in [0.25, 0.3) is 5.91 Å². The molecule has 1 heterocycles. The van der Waals surface area contributed by atoms with E-state index in [2.05, 4.69) is 15.6 Å². The van der Waals surface area contributed by atoms with Gasteiger partial charge < -0.3 is 14.8 Å². The molecule has 2 aromatic carbocycles. The summed E-state index contributed by atoms with van der Waals surface area (Å²) in [6.07, 6.45) is 1.86. The SMILES string of the molecule is CC(C)(C)OC(=O)Nc1ccc(C(=O)NCCCOc2cccc3cccnc23)cc1. The van der Waals surface area contributed by atoms with Crippen molar-refractivity contribution < 1.29 is 19.1 Å². The van der Waals surface area contributed by atoms with E-state index < -0.39 is 11.7 Å². The number of nitrogens with one attached hydrogen (secondary N) is 2. The lowest BCUT2D eigenvalue weighted by Crippen LogP contribution is -2.27. The highest BCUT2D eigenvalue weighted by Gasteiger charge is 2.16. The van der Waals surface area contributed by atoms with Gasteiger partial charge in [-0.2, -0.15) is 0 Å². The average molecular weight is 421 g/mol. The van der Waals surface area contributed by atoms with Crippen LogP contribution in [0.15, 0.2) is 60.8 Å². The second-order valence-electron chi connectivity index (χ2n) is 7.99. The Morgan fingerprint density at radius 2 is 1.74 bits per heavy atom. The summed E-state index contributed by atoms with van der Waals surface area (Å²) in [4.78, 5) is 28.5. The standard InChI is InChI=1S/C24H27N3O4/c1-24(2,3)31-23(29)27-19-12-10-18(11-13-19)22(28)26-15-6-16-30-20-9-4-7-17-8-5-14-25-21(17)20/h4-5,7-14H,6,15-16H2,1-3H3,(H,26,28)(H,27,29). The Bertz CT molecular complexity index is 1040. The molecule has 0 spiro atoms. The molecule has 0 unspecified atom stereocenters. The molecule has 7 heteroatoms. The fourth-order valence-electron chi connectivity index (χ4n) is 2.88. The first kappa shape index (κ1) is 22.1. The van der Waals surface area contributed by atoms with Crippen LogP contribution in [0.2, 0.25) is 0 Å². The highest BCUT2D eigenvalue weighted by atomic mass is 16.6. The molecular weight excluding hydrogens is 394 g/mol. The summed E-state index contributed by atoms with van der Waals surface area (Å²) >= 11 is 0. The number of hydrogen-bond acceptors (Lipinski definition) is 5. The molecule has 0 aliphatic rings. The van der Waals surface area contributed by atoms with E-state index in [9.17, 15) is 9.59 Å². The smallest absolute Gasteiger partial charge is 0.412 e. The second kappa shape index (κ2) is 9.93. The van der Waals surface area contributed by atoms with Crippen molar-refractivity contribution in [1.82, 2.24) is 10.3 Å². The van der Waals surface area contributed by atoms with Crippen LogP contribution in [0.25, 0.3) is 10.9 Å². The number of carbonyl (C=O) groups excluding carboxylic acids is 2. The summed E-state index contributed by atoms with van der Waals surface area (Å²) in [6, 6.07) is 16.3. The van der Waals surface area contributed by atoms with Crippen molar-refractivity contribution in [3.8, 4) is 5.75 Å². The number of para-hydroxylation sites is 1. The third kappa shape index (κ3) is 6.70. The van der Waals surface area contributed by atoms with Gasteiger partial charge in [0.05, 0.1) is 6.61 Å². The molecule has 3 aromatic rings. The van der Waals surface area contributed by atoms with Crippen molar-refractivity contribution in [3.05, 3.63) is 66.4 Å². The van der Waals surface area contributed by atoms with Crippen molar-refractivity contribution in [2.24, 2.45) is 0 Å². The molecule has 1 aromatic heterocycles. The van der Waals surface area contributed by atoms with Crippen molar-refractivity contribution >= 4 is 28.6 Å². The summed E-state index contributed by atoms with van der Waals surface area (Å²) in [5, 5.41) is 6.53. The van der Waals surface area contributed by atoms with Gasteiger partial charge in [-0.25, -0.2) is 4.79 Å². The Labute approximate surface area is 181 Å². The van der Waals surface area contributed by atoms with Crippen molar-refractivity contribution in [2.75, 3.05) is 18.5 Å². The molecule has 2 amide bonds. The predicted octanol–water partition coefficient (Wildman–Crippen LogP) is 4.78. The van der Waals surface area contributed by atoms with Crippen LogP contribution in [0.3, 0.4) is 0 Å². The molecular formula is C24H27N3O4. The predicted molar refractivity (Wildman–Crippen MR) is 120 cm³/mol. The summed E-state index contributed by atoms with van der Waals surface area (Å²) in [7, 11) is 0. The molecule has 0 aliphatic carbocycles. The van der Waals surface area contributed by atoms with Crippen LogP contribution in [0.5, 0.6) is 5.75 Å². The fourth-order valence-corrected chi connectivity index (χ4v) is 2.88. The van der Waals surface area contributed by atoms with E-state index in [1.54, 1.807) is 51.2 Å². The highest BCUT2D eigenvalue weighted by Crippen LogP contribution is 2.22. The first-order valence-corrected chi connectivity index (χ1v) is 10.2.